The van der Waals surface area contributed by atoms with Gasteiger partial charge in [-0.3, -0.25) is 0 Å². The minimum Gasteiger partial charge on any atom is -0.338 e. The van der Waals surface area contributed by atoms with Crippen LogP contribution in [0.15, 0.2) is 11.4 Å². The Morgan fingerprint density at radius 1 is 0.867 bits per heavy atom. The van der Waals surface area contributed by atoms with E-state index in [2.05, 4.69) is 37.0 Å². The lowest BCUT2D eigenvalue weighted by atomic mass is 10.3. The lowest BCUT2D eigenvalue weighted by molar-refractivity contribution is 0.527. The first kappa shape index (κ1) is 12.8. The number of allylic oxidation sites excluding steroid dienone is 2. The molecule has 0 aromatic carbocycles. The number of unbranched alkanes of at least 4 members (excludes halogenated alkanes) is 2. The first-order chi connectivity index (χ1) is 7.20. The lowest BCUT2D eigenvalue weighted by Gasteiger charge is -2.22. The van der Waals surface area contributed by atoms with Crippen molar-refractivity contribution in [3.63, 3.8) is 0 Å². The van der Waals surface area contributed by atoms with E-state index >= 15 is 0 Å². The van der Waals surface area contributed by atoms with E-state index in [4.69, 9.17) is 0 Å². The predicted molar refractivity (Wildman–Crippen MR) is 69.9 cm³/mol. The van der Waals surface area contributed by atoms with E-state index in [-0.39, 0.29) is 0 Å². The molecule has 0 aromatic heterocycles. The second-order valence-electron chi connectivity index (χ2n) is 4.28. The van der Waals surface area contributed by atoms with Gasteiger partial charge in [0.05, 0.1) is 8.88 Å². The molecule has 1 rings (SSSR count). The molecule has 15 heavy (non-hydrogen) atoms. The molecule has 0 saturated carbocycles. The van der Waals surface area contributed by atoms with Crippen molar-refractivity contribution in [3.8, 4) is 0 Å². The third-order valence-electron chi connectivity index (χ3n) is 3.05. The Morgan fingerprint density at radius 3 is 1.60 bits per heavy atom. The maximum Gasteiger partial charge on any atom is 0.0794 e. The first-order valence-corrected chi connectivity index (χ1v) is 7.09. The molecular formula is C12H25N2P. The molecule has 0 aromatic rings. The van der Waals surface area contributed by atoms with Crippen molar-refractivity contribution >= 4 is 8.88 Å². The van der Waals surface area contributed by atoms with E-state index in [9.17, 15) is 0 Å². The zero-order valence-corrected chi connectivity index (χ0v) is 11.6. The fourth-order valence-electron chi connectivity index (χ4n) is 1.75. The third kappa shape index (κ3) is 3.38. The number of rotatable bonds is 6. The van der Waals surface area contributed by atoms with E-state index in [1.165, 1.54) is 50.2 Å². The van der Waals surface area contributed by atoms with E-state index in [0.717, 1.165) is 8.88 Å². The molecule has 1 aliphatic heterocycles. The fraction of sp³-hybridized carbons (Fsp3) is 0.833. The molecule has 0 radical (unpaired) electrons. The van der Waals surface area contributed by atoms with E-state index in [1.807, 2.05) is 0 Å². The normalized spacial score (nSPS) is 16.8. The number of hydrogen-bond acceptors (Lipinski definition) is 2. The summed E-state index contributed by atoms with van der Waals surface area (Å²) >= 11 is 0. The summed E-state index contributed by atoms with van der Waals surface area (Å²) in [6.07, 6.45) is 5.23. The van der Waals surface area contributed by atoms with Crippen LogP contribution in [0.25, 0.3) is 0 Å². The summed E-state index contributed by atoms with van der Waals surface area (Å²) in [5.41, 5.74) is 3.00. The average molecular weight is 228 g/mol. The van der Waals surface area contributed by atoms with Crippen molar-refractivity contribution in [2.24, 2.45) is 0 Å². The minimum atomic E-state index is 0.864. The van der Waals surface area contributed by atoms with Crippen LogP contribution in [0.4, 0.5) is 0 Å². The maximum absolute atomic E-state index is 2.55. The minimum absolute atomic E-state index is 0.864. The van der Waals surface area contributed by atoms with Gasteiger partial charge in [0.25, 0.3) is 0 Å². The van der Waals surface area contributed by atoms with E-state index in [1.54, 1.807) is 0 Å². The summed E-state index contributed by atoms with van der Waals surface area (Å²) in [5.74, 6) is 0. The van der Waals surface area contributed by atoms with Gasteiger partial charge in [-0.05, 0) is 26.7 Å². The van der Waals surface area contributed by atoms with Gasteiger partial charge in [-0.1, -0.05) is 26.7 Å². The van der Waals surface area contributed by atoms with Crippen LogP contribution < -0.4 is 0 Å². The highest BCUT2D eigenvalue weighted by Gasteiger charge is 2.22. The van der Waals surface area contributed by atoms with Crippen molar-refractivity contribution in [1.29, 1.82) is 0 Å². The van der Waals surface area contributed by atoms with Crippen LogP contribution in [0.3, 0.4) is 0 Å². The molecular weight excluding hydrogens is 203 g/mol. The third-order valence-corrected chi connectivity index (χ3v) is 4.65. The van der Waals surface area contributed by atoms with Gasteiger partial charge in [-0.25, -0.2) is 0 Å². The van der Waals surface area contributed by atoms with Crippen molar-refractivity contribution in [3.05, 3.63) is 11.4 Å². The molecule has 0 atom stereocenters. The quantitative estimate of drug-likeness (QED) is 0.635. The second kappa shape index (κ2) is 6.37. The van der Waals surface area contributed by atoms with Crippen LogP contribution in [0, 0.1) is 0 Å². The van der Waals surface area contributed by atoms with Crippen LogP contribution in [-0.2, 0) is 0 Å². The van der Waals surface area contributed by atoms with Gasteiger partial charge in [-0.2, -0.15) is 0 Å². The summed E-state index contributed by atoms with van der Waals surface area (Å²) < 4.78 is 5.10. The molecule has 0 spiro atoms. The second-order valence-corrected chi connectivity index (χ2v) is 5.56. The molecule has 2 nitrogen and oxygen atoms in total. The van der Waals surface area contributed by atoms with Gasteiger partial charge in [0.2, 0.25) is 0 Å². The zero-order valence-electron chi connectivity index (χ0n) is 10.6. The topological polar surface area (TPSA) is 6.48 Å². The molecule has 0 saturated heterocycles. The van der Waals surface area contributed by atoms with Crippen molar-refractivity contribution in [1.82, 2.24) is 9.34 Å². The smallest absolute Gasteiger partial charge is 0.0794 e. The largest absolute Gasteiger partial charge is 0.338 e. The zero-order chi connectivity index (χ0) is 11.3. The number of hydrogen-bond donors (Lipinski definition) is 0. The highest BCUT2D eigenvalue weighted by atomic mass is 31.1. The van der Waals surface area contributed by atoms with Crippen LogP contribution >= 0.6 is 8.88 Å². The van der Waals surface area contributed by atoms with Gasteiger partial charge in [-0.15, -0.1) is 0 Å². The summed E-state index contributed by atoms with van der Waals surface area (Å²) in [4.78, 5) is 0. The average Bonchev–Trinajstić information content (AvgIpc) is 2.51. The van der Waals surface area contributed by atoms with Crippen molar-refractivity contribution in [2.75, 3.05) is 13.1 Å². The predicted octanol–water partition coefficient (Wildman–Crippen LogP) is 3.96. The highest BCUT2D eigenvalue weighted by molar-refractivity contribution is 7.33. The molecule has 1 heterocycles. The van der Waals surface area contributed by atoms with Gasteiger partial charge in [0.15, 0.2) is 0 Å². The summed E-state index contributed by atoms with van der Waals surface area (Å²) in [5, 5.41) is 0. The Balaban J connectivity index is 2.46. The lowest BCUT2D eigenvalue weighted by Crippen LogP contribution is -2.12. The Hall–Kier alpha value is -0.230. The molecule has 1 aliphatic rings. The fourth-order valence-corrected chi connectivity index (χ4v) is 3.19. The molecule has 0 fully saturated rings. The monoisotopic (exact) mass is 228 g/mol. The summed E-state index contributed by atoms with van der Waals surface area (Å²) in [6, 6.07) is 0. The first-order valence-electron chi connectivity index (χ1n) is 6.19. The molecule has 88 valence electrons. The van der Waals surface area contributed by atoms with Crippen LogP contribution in [0.2, 0.25) is 0 Å². The summed E-state index contributed by atoms with van der Waals surface area (Å²) in [7, 11) is 0.864. The SMILES string of the molecule is CCCCN1PN(CCCC)C(C)=C1C. The van der Waals surface area contributed by atoms with Gasteiger partial charge in [0.1, 0.15) is 0 Å². The molecule has 0 amide bonds. The Morgan fingerprint density at radius 2 is 1.27 bits per heavy atom. The van der Waals surface area contributed by atoms with Crippen LogP contribution in [-0.4, -0.2) is 22.4 Å². The van der Waals surface area contributed by atoms with E-state index < -0.39 is 0 Å². The van der Waals surface area contributed by atoms with E-state index in [0.29, 0.717) is 0 Å². The molecule has 0 N–H and O–H groups in total. The Labute approximate surface area is 96.6 Å². The van der Waals surface area contributed by atoms with Gasteiger partial charge < -0.3 is 9.34 Å². The van der Waals surface area contributed by atoms with Crippen molar-refractivity contribution < 1.29 is 0 Å². The number of nitrogens with zero attached hydrogens (tertiary/aromatic N) is 2. The van der Waals surface area contributed by atoms with Crippen molar-refractivity contribution in [2.45, 2.75) is 53.4 Å². The Kier molecular flexibility index (Phi) is 5.45. The van der Waals surface area contributed by atoms with Crippen LogP contribution in [0.5, 0.6) is 0 Å². The Bertz CT molecular complexity index is 204. The highest BCUT2D eigenvalue weighted by Crippen LogP contribution is 2.40. The molecule has 3 heteroatoms. The molecule has 0 unspecified atom stereocenters. The maximum atomic E-state index is 2.55. The van der Waals surface area contributed by atoms with Crippen LogP contribution in [0.1, 0.15) is 53.4 Å². The summed E-state index contributed by atoms with van der Waals surface area (Å²) in [6.45, 7) is 11.5. The standard InChI is InChI=1S/C12H25N2P/c1-5-7-9-13-11(3)12(4)14(15-13)10-8-6-2/h15H,5-10H2,1-4H3. The van der Waals surface area contributed by atoms with Gasteiger partial charge in [0, 0.05) is 24.5 Å². The molecule has 0 aliphatic carbocycles. The molecule has 0 bridgehead atoms. The van der Waals surface area contributed by atoms with Gasteiger partial charge >= 0.3 is 0 Å².